The molecule has 1 atom stereocenters. The number of furan rings is 1. The lowest BCUT2D eigenvalue weighted by molar-refractivity contribution is 0.366. The zero-order chi connectivity index (χ0) is 17.8. The van der Waals surface area contributed by atoms with Crippen molar-refractivity contribution in [3.63, 3.8) is 0 Å². The van der Waals surface area contributed by atoms with Gasteiger partial charge < -0.3 is 9.15 Å². The molecular weight excluding hydrogens is 314 g/mol. The molecule has 0 unspecified atom stereocenters. The molecule has 132 valence electrons. The molecule has 0 bridgehead atoms. The van der Waals surface area contributed by atoms with Crippen LogP contribution in [0.25, 0.3) is 0 Å². The lowest BCUT2D eigenvalue weighted by atomic mass is 10.0. The molecule has 0 aliphatic heterocycles. The van der Waals surface area contributed by atoms with Gasteiger partial charge in [0, 0.05) is 13.6 Å². The summed E-state index contributed by atoms with van der Waals surface area (Å²) in [7, 11) is 3.60. The van der Waals surface area contributed by atoms with Crippen molar-refractivity contribution < 1.29 is 9.15 Å². The van der Waals surface area contributed by atoms with Crippen LogP contribution in [0, 0.1) is 0 Å². The van der Waals surface area contributed by atoms with Crippen molar-refractivity contribution in [2.24, 2.45) is 7.05 Å². The molecule has 3 rings (SSSR count). The van der Waals surface area contributed by atoms with Crippen LogP contribution in [0.15, 0.2) is 53.1 Å². The summed E-state index contributed by atoms with van der Waals surface area (Å²) in [6.45, 7) is 4.93. The highest BCUT2D eigenvalue weighted by molar-refractivity contribution is 5.34. The summed E-state index contributed by atoms with van der Waals surface area (Å²) in [5.41, 5.74) is 3.30. The lowest BCUT2D eigenvalue weighted by Gasteiger charge is -2.18. The summed E-state index contributed by atoms with van der Waals surface area (Å²) in [4.78, 5) is 0. The van der Waals surface area contributed by atoms with Crippen LogP contribution < -0.4 is 10.1 Å². The predicted octanol–water partition coefficient (Wildman–Crippen LogP) is 4.02. The van der Waals surface area contributed by atoms with E-state index in [2.05, 4.69) is 36.4 Å². The van der Waals surface area contributed by atoms with Gasteiger partial charge in [0.15, 0.2) is 0 Å². The van der Waals surface area contributed by atoms with Crippen molar-refractivity contribution in [1.82, 2.24) is 15.1 Å². The van der Waals surface area contributed by atoms with Crippen molar-refractivity contribution in [3.05, 3.63) is 71.3 Å². The maximum atomic E-state index is 5.66. The lowest BCUT2D eigenvalue weighted by Crippen LogP contribution is -2.22. The average molecular weight is 339 g/mol. The Morgan fingerprint density at radius 2 is 1.92 bits per heavy atom. The van der Waals surface area contributed by atoms with Crippen molar-refractivity contribution in [2.75, 3.05) is 7.11 Å². The fraction of sp³-hybridized carbons (Fsp3) is 0.350. The van der Waals surface area contributed by atoms with E-state index in [9.17, 15) is 0 Å². The van der Waals surface area contributed by atoms with Gasteiger partial charge in [0.25, 0.3) is 0 Å². The van der Waals surface area contributed by atoms with E-state index in [4.69, 9.17) is 9.15 Å². The average Bonchev–Trinajstić information content (AvgIpc) is 3.24. The van der Waals surface area contributed by atoms with Crippen LogP contribution in [0.1, 0.15) is 48.4 Å². The van der Waals surface area contributed by atoms with E-state index >= 15 is 0 Å². The molecule has 1 aromatic carbocycles. The Hall–Kier alpha value is -2.53. The highest BCUT2D eigenvalue weighted by Gasteiger charge is 2.22. The van der Waals surface area contributed by atoms with Gasteiger partial charge in [-0.1, -0.05) is 44.2 Å². The first-order valence-electron chi connectivity index (χ1n) is 8.53. The molecule has 0 amide bonds. The molecule has 3 aromatic rings. The number of hydrogen-bond donors (Lipinski definition) is 1. The molecule has 25 heavy (non-hydrogen) atoms. The van der Waals surface area contributed by atoms with Crippen LogP contribution in [0.3, 0.4) is 0 Å². The first-order valence-corrected chi connectivity index (χ1v) is 8.53. The topological polar surface area (TPSA) is 52.2 Å². The molecule has 0 saturated heterocycles. The maximum Gasteiger partial charge on any atom is 0.216 e. The molecule has 0 spiro atoms. The van der Waals surface area contributed by atoms with Crippen LogP contribution in [-0.4, -0.2) is 16.9 Å². The smallest absolute Gasteiger partial charge is 0.216 e. The fourth-order valence-corrected chi connectivity index (χ4v) is 3.15. The van der Waals surface area contributed by atoms with Crippen LogP contribution in [0.5, 0.6) is 5.88 Å². The summed E-state index contributed by atoms with van der Waals surface area (Å²) in [5, 5.41) is 8.23. The second-order valence-electron chi connectivity index (χ2n) is 6.39. The summed E-state index contributed by atoms with van der Waals surface area (Å²) >= 11 is 0. The first kappa shape index (κ1) is 17.3. The van der Waals surface area contributed by atoms with Crippen LogP contribution in [-0.2, 0) is 13.6 Å². The van der Waals surface area contributed by atoms with Gasteiger partial charge in [-0.05, 0) is 23.6 Å². The second-order valence-corrected chi connectivity index (χ2v) is 6.39. The molecular formula is C20H25N3O2. The zero-order valence-corrected chi connectivity index (χ0v) is 15.2. The summed E-state index contributed by atoms with van der Waals surface area (Å²) < 4.78 is 13.0. The van der Waals surface area contributed by atoms with Gasteiger partial charge >= 0.3 is 0 Å². The summed E-state index contributed by atoms with van der Waals surface area (Å²) in [6.07, 6.45) is 1.71. The minimum absolute atomic E-state index is 0.0267. The van der Waals surface area contributed by atoms with E-state index in [-0.39, 0.29) is 6.04 Å². The molecule has 0 radical (unpaired) electrons. The fourth-order valence-electron chi connectivity index (χ4n) is 3.15. The molecule has 0 fully saturated rings. The highest BCUT2D eigenvalue weighted by Crippen LogP contribution is 2.29. The number of benzene rings is 1. The maximum absolute atomic E-state index is 5.66. The summed E-state index contributed by atoms with van der Waals surface area (Å²) in [5.74, 6) is 2.01. The molecule has 5 heteroatoms. The molecule has 0 aliphatic carbocycles. The molecule has 0 saturated carbocycles. The number of aryl methyl sites for hydroxylation is 1. The molecule has 0 aliphatic rings. The van der Waals surface area contributed by atoms with E-state index < -0.39 is 0 Å². The number of methoxy groups -OCH3 is 1. The third kappa shape index (κ3) is 3.61. The van der Waals surface area contributed by atoms with Crippen LogP contribution in [0.4, 0.5) is 0 Å². The van der Waals surface area contributed by atoms with E-state index in [0.717, 1.165) is 28.5 Å². The number of nitrogens with zero attached hydrogens (tertiary/aromatic N) is 2. The number of ether oxygens (including phenoxy) is 1. The number of rotatable bonds is 7. The Kier molecular flexibility index (Phi) is 5.24. The molecule has 2 aromatic heterocycles. The first-order chi connectivity index (χ1) is 12.1. The van der Waals surface area contributed by atoms with Crippen LogP contribution >= 0.6 is 0 Å². The zero-order valence-electron chi connectivity index (χ0n) is 15.2. The van der Waals surface area contributed by atoms with Crippen molar-refractivity contribution >= 4 is 0 Å². The Labute approximate surface area is 148 Å². The van der Waals surface area contributed by atoms with Gasteiger partial charge in [0.1, 0.15) is 5.76 Å². The number of aromatic nitrogens is 2. The molecule has 2 heterocycles. The van der Waals surface area contributed by atoms with E-state index in [1.807, 2.05) is 37.4 Å². The van der Waals surface area contributed by atoms with Crippen molar-refractivity contribution in [2.45, 2.75) is 32.4 Å². The minimum Gasteiger partial charge on any atom is -0.481 e. The third-order valence-corrected chi connectivity index (χ3v) is 4.30. The van der Waals surface area contributed by atoms with Crippen molar-refractivity contribution in [3.8, 4) is 5.88 Å². The van der Waals surface area contributed by atoms with Gasteiger partial charge in [0.05, 0.1) is 30.7 Å². The SMILES string of the molecule is COc1c(CN[C@@H](c2ccccc2)c2ccco2)c(C(C)C)nn1C. The Bertz CT molecular complexity index is 792. The van der Waals surface area contributed by atoms with Crippen LogP contribution in [0.2, 0.25) is 0 Å². The summed E-state index contributed by atoms with van der Waals surface area (Å²) in [6, 6.07) is 14.2. The Morgan fingerprint density at radius 3 is 2.52 bits per heavy atom. The van der Waals surface area contributed by atoms with Gasteiger partial charge in [0.2, 0.25) is 5.88 Å². The Balaban J connectivity index is 1.90. The Morgan fingerprint density at radius 1 is 1.16 bits per heavy atom. The van der Waals surface area contributed by atoms with Gasteiger partial charge in [-0.25, -0.2) is 4.68 Å². The minimum atomic E-state index is -0.0267. The third-order valence-electron chi connectivity index (χ3n) is 4.30. The quantitative estimate of drug-likeness (QED) is 0.706. The van der Waals surface area contributed by atoms with Gasteiger partial charge in [-0.3, -0.25) is 5.32 Å². The second kappa shape index (κ2) is 7.57. The van der Waals surface area contributed by atoms with Crippen molar-refractivity contribution in [1.29, 1.82) is 0 Å². The predicted molar refractivity (Wildman–Crippen MR) is 97.7 cm³/mol. The standard InChI is InChI=1S/C20H25N3O2/c1-14(2)18-16(20(24-4)23(3)22-18)13-21-19(17-11-8-12-25-17)15-9-6-5-7-10-15/h5-12,14,19,21H,13H2,1-4H3/t19-/m0/s1. The highest BCUT2D eigenvalue weighted by atomic mass is 16.5. The number of hydrogen-bond acceptors (Lipinski definition) is 4. The monoisotopic (exact) mass is 339 g/mol. The largest absolute Gasteiger partial charge is 0.481 e. The molecule has 5 nitrogen and oxygen atoms in total. The van der Waals surface area contributed by atoms with E-state index in [1.54, 1.807) is 18.1 Å². The van der Waals surface area contributed by atoms with E-state index in [0.29, 0.717) is 12.5 Å². The molecule has 1 N–H and O–H groups in total. The van der Waals surface area contributed by atoms with Gasteiger partial charge in [-0.15, -0.1) is 0 Å². The van der Waals surface area contributed by atoms with Gasteiger partial charge in [-0.2, -0.15) is 5.10 Å². The van der Waals surface area contributed by atoms with E-state index in [1.165, 1.54) is 0 Å². The normalized spacial score (nSPS) is 12.5. The number of nitrogens with one attached hydrogen (secondary N) is 1.